The first-order valence-corrected chi connectivity index (χ1v) is 9.70. The number of nitrogens with zero attached hydrogens (tertiary/aromatic N) is 2. The molecule has 1 aromatic rings. The minimum atomic E-state index is -0.177. The summed E-state index contributed by atoms with van der Waals surface area (Å²) in [6.45, 7) is 10.3. The highest BCUT2D eigenvalue weighted by molar-refractivity contribution is 8.02. The third-order valence-corrected chi connectivity index (χ3v) is 7.37. The fraction of sp³-hybridized carbons (Fsp3) is 0.647. The molecule has 0 aliphatic heterocycles. The van der Waals surface area contributed by atoms with Gasteiger partial charge in [0.1, 0.15) is 11.0 Å². The van der Waals surface area contributed by atoms with Crippen molar-refractivity contribution in [2.24, 2.45) is 17.3 Å². The minimum absolute atomic E-state index is 0.0141. The maximum absolute atomic E-state index is 10.1. The zero-order chi connectivity index (χ0) is 17.6. The molecule has 0 radical (unpaired) electrons. The third kappa shape index (κ3) is 2.68. The van der Waals surface area contributed by atoms with Crippen molar-refractivity contribution in [1.29, 1.82) is 0 Å². The molecule has 0 bridgehead atoms. The smallest absolute Gasteiger partial charge is 0.223 e. The van der Waals surface area contributed by atoms with Crippen LogP contribution in [0.2, 0.25) is 5.15 Å². The number of hydrogen-bond acceptors (Lipinski definition) is 6. The highest BCUT2D eigenvalue weighted by Crippen LogP contribution is 2.66. The van der Waals surface area contributed by atoms with Crippen LogP contribution < -0.4 is 11.1 Å². The van der Waals surface area contributed by atoms with E-state index < -0.39 is 0 Å². The first-order chi connectivity index (χ1) is 11.3. The van der Waals surface area contributed by atoms with Crippen molar-refractivity contribution in [3.63, 3.8) is 0 Å². The van der Waals surface area contributed by atoms with E-state index in [0.717, 1.165) is 18.4 Å². The average Bonchev–Trinajstić information content (AvgIpc) is 2.93. The summed E-state index contributed by atoms with van der Waals surface area (Å²) < 4.78 is 0. The molecule has 132 valence electrons. The number of thioether (sulfide) groups is 1. The summed E-state index contributed by atoms with van der Waals surface area (Å²) in [5.74, 6) is 1.61. The van der Waals surface area contributed by atoms with Crippen molar-refractivity contribution in [2.45, 2.75) is 51.0 Å². The van der Waals surface area contributed by atoms with E-state index in [0.29, 0.717) is 22.8 Å². The van der Waals surface area contributed by atoms with Gasteiger partial charge >= 0.3 is 0 Å². The van der Waals surface area contributed by atoms with E-state index in [4.69, 9.17) is 17.3 Å². The molecular weight excluding hydrogens is 344 g/mol. The molecule has 1 heterocycles. The Morgan fingerprint density at radius 3 is 2.83 bits per heavy atom. The second kappa shape index (κ2) is 6.39. The van der Waals surface area contributed by atoms with E-state index in [9.17, 15) is 5.11 Å². The van der Waals surface area contributed by atoms with Crippen molar-refractivity contribution in [1.82, 2.24) is 9.97 Å². The van der Waals surface area contributed by atoms with Crippen LogP contribution in [-0.2, 0) is 0 Å². The molecule has 1 aromatic heterocycles. The molecule has 7 heteroatoms. The van der Waals surface area contributed by atoms with Gasteiger partial charge in [0.2, 0.25) is 5.95 Å². The summed E-state index contributed by atoms with van der Waals surface area (Å²) in [6, 6.07) is 0.249. The first kappa shape index (κ1) is 17.8. The van der Waals surface area contributed by atoms with Crippen LogP contribution >= 0.6 is 23.4 Å². The SMILES string of the molecule is C=CSC(CC)c1c(Cl)nc(N)nc1NC1CC2C(O)C2(C)C1C. The number of fused-ring (bicyclic) bond motifs is 1. The molecule has 2 aliphatic rings. The Morgan fingerprint density at radius 2 is 2.29 bits per heavy atom. The highest BCUT2D eigenvalue weighted by Gasteiger charge is 2.69. The van der Waals surface area contributed by atoms with Gasteiger partial charge in [-0.25, -0.2) is 4.98 Å². The van der Waals surface area contributed by atoms with Gasteiger partial charge in [-0.1, -0.05) is 39.0 Å². The molecule has 0 saturated heterocycles. The van der Waals surface area contributed by atoms with Gasteiger partial charge in [-0.2, -0.15) is 4.98 Å². The van der Waals surface area contributed by atoms with Gasteiger partial charge in [-0.3, -0.25) is 0 Å². The maximum atomic E-state index is 10.1. The number of rotatable bonds is 6. The molecule has 0 aromatic carbocycles. The Kier molecular flexibility index (Phi) is 4.75. The Labute approximate surface area is 152 Å². The second-order valence-corrected chi connectivity index (χ2v) is 8.56. The lowest BCUT2D eigenvalue weighted by Gasteiger charge is -2.27. The normalized spacial score (nSPS) is 35.4. The highest BCUT2D eigenvalue weighted by atomic mass is 35.5. The average molecular weight is 369 g/mol. The number of nitrogen functional groups attached to an aromatic ring is 1. The van der Waals surface area contributed by atoms with E-state index in [1.54, 1.807) is 11.8 Å². The Hall–Kier alpha value is -0.980. The lowest BCUT2D eigenvalue weighted by molar-refractivity contribution is 0.175. The van der Waals surface area contributed by atoms with Gasteiger partial charge < -0.3 is 16.2 Å². The number of anilines is 2. The third-order valence-electron chi connectivity index (χ3n) is 5.99. The van der Waals surface area contributed by atoms with Crippen LogP contribution in [0, 0.1) is 17.3 Å². The van der Waals surface area contributed by atoms with E-state index in [-0.39, 0.29) is 28.8 Å². The summed E-state index contributed by atoms with van der Waals surface area (Å²) in [7, 11) is 0. The number of halogens is 1. The van der Waals surface area contributed by atoms with Crippen molar-refractivity contribution in [2.75, 3.05) is 11.1 Å². The molecule has 4 N–H and O–H groups in total. The summed E-state index contributed by atoms with van der Waals surface area (Å²) in [5.41, 5.74) is 6.72. The lowest BCUT2D eigenvalue weighted by Crippen LogP contribution is -2.31. The summed E-state index contributed by atoms with van der Waals surface area (Å²) in [4.78, 5) is 8.56. The molecule has 0 amide bonds. The molecule has 2 aliphatic carbocycles. The molecule has 3 rings (SSSR count). The van der Waals surface area contributed by atoms with Gasteiger partial charge in [0, 0.05) is 22.3 Å². The van der Waals surface area contributed by atoms with Crippen LogP contribution in [0.25, 0.3) is 0 Å². The molecular formula is C17H25ClN4OS. The largest absolute Gasteiger partial charge is 0.392 e. The maximum Gasteiger partial charge on any atom is 0.223 e. The fourth-order valence-corrected chi connectivity index (χ4v) is 5.35. The predicted molar refractivity (Wildman–Crippen MR) is 101 cm³/mol. The van der Waals surface area contributed by atoms with Crippen LogP contribution in [-0.4, -0.2) is 27.2 Å². The summed E-state index contributed by atoms with van der Waals surface area (Å²) >= 11 is 8.00. The van der Waals surface area contributed by atoms with Gasteiger partial charge in [0.25, 0.3) is 0 Å². The van der Waals surface area contributed by atoms with Crippen molar-refractivity contribution in [3.05, 3.63) is 22.7 Å². The topological polar surface area (TPSA) is 84.1 Å². The second-order valence-electron chi connectivity index (χ2n) is 7.03. The van der Waals surface area contributed by atoms with Crippen LogP contribution in [0.5, 0.6) is 0 Å². The quantitative estimate of drug-likeness (QED) is 0.661. The number of aromatic nitrogens is 2. The first-order valence-electron chi connectivity index (χ1n) is 8.38. The zero-order valence-corrected chi connectivity index (χ0v) is 15.9. The van der Waals surface area contributed by atoms with Crippen molar-refractivity contribution < 1.29 is 5.11 Å². The predicted octanol–water partition coefficient (Wildman–Crippen LogP) is 3.86. The molecule has 5 nitrogen and oxygen atoms in total. The zero-order valence-electron chi connectivity index (χ0n) is 14.3. The Bertz CT molecular complexity index is 658. The summed E-state index contributed by atoms with van der Waals surface area (Å²) in [5, 5.41) is 16.0. The summed E-state index contributed by atoms with van der Waals surface area (Å²) in [6.07, 6.45) is 1.65. The van der Waals surface area contributed by atoms with Gasteiger partial charge in [0.15, 0.2) is 0 Å². The van der Waals surface area contributed by atoms with Gasteiger partial charge in [-0.05, 0) is 30.1 Å². The van der Waals surface area contributed by atoms with Gasteiger partial charge in [0.05, 0.1) is 6.10 Å². The van der Waals surface area contributed by atoms with Crippen LogP contribution in [0.3, 0.4) is 0 Å². The van der Waals surface area contributed by atoms with Crippen LogP contribution in [0.1, 0.15) is 44.4 Å². The van der Waals surface area contributed by atoms with Crippen LogP contribution in [0.15, 0.2) is 12.0 Å². The molecule has 0 spiro atoms. The number of hydrogen-bond donors (Lipinski definition) is 3. The van der Waals surface area contributed by atoms with Gasteiger partial charge in [-0.15, -0.1) is 11.8 Å². The molecule has 2 saturated carbocycles. The Balaban J connectivity index is 1.89. The van der Waals surface area contributed by atoms with Crippen LogP contribution in [0.4, 0.5) is 11.8 Å². The minimum Gasteiger partial charge on any atom is -0.392 e. The van der Waals surface area contributed by atoms with Crippen molar-refractivity contribution in [3.8, 4) is 0 Å². The monoisotopic (exact) mass is 368 g/mol. The Morgan fingerprint density at radius 1 is 1.58 bits per heavy atom. The lowest BCUT2D eigenvalue weighted by atomic mass is 9.90. The molecule has 6 unspecified atom stereocenters. The number of aliphatic hydroxyl groups is 1. The van der Waals surface area contributed by atoms with E-state index in [2.05, 4.69) is 42.6 Å². The fourth-order valence-electron chi connectivity index (χ4n) is 4.20. The number of nitrogens with two attached hydrogens (primary N) is 1. The molecule has 24 heavy (non-hydrogen) atoms. The molecule has 2 fully saturated rings. The van der Waals surface area contributed by atoms with E-state index in [1.807, 2.05) is 5.41 Å². The molecule has 6 atom stereocenters. The van der Waals surface area contributed by atoms with E-state index in [1.165, 1.54) is 0 Å². The standard InChI is InChI=1S/C17H25ClN4OS/c1-5-11(24-6-2)12-14(18)21-16(19)22-15(12)20-10-7-9-13(23)17(9,4)8(10)3/h6,8-11,13,23H,2,5,7H2,1,3-4H3,(H3,19,20,21,22). The number of nitrogens with one attached hydrogen (secondary N) is 1. The van der Waals surface area contributed by atoms with Crippen molar-refractivity contribution >= 4 is 35.1 Å². The number of aliphatic hydroxyl groups excluding tert-OH is 1. The van der Waals surface area contributed by atoms with E-state index >= 15 is 0 Å².